The summed E-state index contributed by atoms with van der Waals surface area (Å²) in [6.45, 7) is 2.97. The van der Waals surface area contributed by atoms with Gasteiger partial charge in [-0.1, -0.05) is 45.1 Å². The third-order valence-corrected chi connectivity index (χ3v) is 7.62. The highest BCUT2D eigenvalue weighted by atomic mass is 19.1. The van der Waals surface area contributed by atoms with E-state index in [1.165, 1.54) is 44.9 Å². The summed E-state index contributed by atoms with van der Waals surface area (Å²) in [7, 11) is 1.31. The second-order valence-corrected chi connectivity index (χ2v) is 10.2. The van der Waals surface area contributed by atoms with Crippen LogP contribution in [0.5, 0.6) is 0 Å². The van der Waals surface area contributed by atoms with E-state index < -0.39 is 17.9 Å². The first-order chi connectivity index (χ1) is 18.0. The average Bonchev–Trinajstić information content (AvgIpc) is 3.66. The van der Waals surface area contributed by atoms with E-state index in [-0.39, 0.29) is 36.5 Å². The number of hydrogen-bond acceptors (Lipinski definition) is 6. The highest BCUT2D eigenvalue weighted by Crippen LogP contribution is 2.47. The topological polar surface area (TPSA) is 86.2 Å². The van der Waals surface area contributed by atoms with Gasteiger partial charge in [-0.15, -0.1) is 0 Å². The Bertz CT molecular complexity index is 1010. The van der Waals surface area contributed by atoms with Gasteiger partial charge < -0.3 is 19.5 Å². The van der Waals surface area contributed by atoms with Crippen molar-refractivity contribution in [1.82, 2.24) is 5.32 Å². The molecule has 202 valence electrons. The average molecular weight is 515 g/mol. The van der Waals surface area contributed by atoms with Crippen LogP contribution in [-0.4, -0.2) is 56.3 Å². The lowest BCUT2D eigenvalue weighted by molar-refractivity contribution is -0.134. The summed E-state index contributed by atoms with van der Waals surface area (Å²) < 4.78 is 32.0. The van der Waals surface area contributed by atoms with Crippen molar-refractivity contribution in [3.8, 4) is 0 Å². The molecule has 2 bridgehead atoms. The van der Waals surface area contributed by atoms with E-state index >= 15 is 4.39 Å². The van der Waals surface area contributed by atoms with Gasteiger partial charge in [-0.05, 0) is 49.5 Å². The number of benzene rings is 1. The summed E-state index contributed by atoms with van der Waals surface area (Å²) in [6.07, 6.45) is 12.7. The molecule has 37 heavy (non-hydrogen) atoms. The second-order valence-electron chi connectivity index (χ2n) is 10.2. The van der Waals surface area contributed by atoms with E-state index in [0.717, 1.165) is 32.1 Å². The molecule has 3 aliphatic heterocycles. The fraction of sp³-hybridized carbons (Fsp3) is 0.621. The largest absolute Gasteiger partial charge is 0.478 e. The van der Waals surface area contributed by atoms with Gasteiger partial charge in [-0.3, -0.25) is 4.79 Å². The molecule has 1 amide bonds. The zero-order valence-corrected chi connectivity index (χ0v) is 21.9. The molecule has 0 aromatic heterocycles. The minimum Gasteiger partial charge on any atom is -0.478 e. The molecule has 8 heteroatoms. The number of halogens is 1. The number of rotatable bonds is 13. The lowest BCUT2D eigenvalue weighted by Gasteiger charge is -2.28. The van der Waals surface area contributed by atoms with Crippen LogP contribution >= 0.6 is 0 Å². The van der Waals surface area contributed by atoms with Crippen LogP contribution in [0.4, 0.5) is 4.39 Å². The molecule has 3 heterocycles. The normalized spacial score (nSPS) is 25.2. The Hall–Kier alpha value is -2.74. The van der Waals surface area contributed by atoms with Gasteiger partial charge in [-0.25, -0.2) is 14.2 Å². The third kappa shape index (κ3) is 6.98. The van der Waals surface area contributed by atoms with Crippen LogP contribution in [0.3, 0.4) is 0 Å². The Balaban J connectivity index is 1.48. The molecule has 4 rings (SSSR count). The molecule has 1 aromatic carbocycles. The standard InChI is InChI=1S/C29H39FN2O5/c1-3-4-5-6-7-8-15-31-28(34)24-18-36-29(32-24)27(22-17-20-11-13-25(22)37-20)21-16-19(9-12-23(21)30)10-14-26(33)35-2/h9-10,12,14,16,20,22,24-25,27H,3-8,11,13,15,17-18H2,1-2H3,(H,31,34)/b14-10+/t20?,22-,24?,25?,27?/m0/s1. The Labute approximate surface area is 218 Å². The van der Waals surface area contributed by atoms with E-state index in [9.17, 15) is 9.59 Å². The summed E-state index contributed by atoms with van der Waals surface area (Å²) in [5, 5.41) is 2.99. The van der Waals surface area contributed by atoms with Crippen LogP contribution in [0.2, 0.25) is 0 Å². The minimum atomic E-state index is -0.637. The van der Waals surface area contributed by atoms with Crippen LogP contribution < -0.4 is 5.32 Å². The number of aliphatic imine (C=N–C) groups is 1. The summed E-state index contributed by atoms with van der Waals surface area (Å²) >= 11 is 0. The molecular weight excluding hydrogens is 475 g/mol. The number of hydrogen-bond donors (Lipinski definition) is 1. The van der Waals surface area contributed by atoms with E-state index in [0.29, 0.717) is 23.6 Å². The van der Waals surface area contributed by atoms with Gasteiger partial charge in [0.2, 0.25) is 5.91 Å². The van der Waals surface area contributed by atoms with Gasteiger partial charge in [0.1, 0.15) is 12.4 Å². The predicted molar refractivity (Wildman–Crippen MR) is 140 cm³/mol. The zero-order chi connectivity index (χ0) is 26.2. The van der Waals surface area contributed by atoms with Crippen LogP contribution in [0.15, 0.2) is 29.3 Å². The Morgan fingerprint density at radius 2 is 2.03 bits per heavy atom. The predicted octanol–water partition coefficient (Wildman–Crippen LogP) is 4.94. The van der Waals surface area contributed by atoms with Crippen molar-refractivity contribution in [1.29, 1.82) is 0 Å². The molecule has 4 unspecified atom stereocenters. The Morgan fingerprint density at radius 3 is 2.76 bits per heavy atom. The fourth-order valence-electron chi connectivity index (χ4n) is 5.64. The Morgan fingerprint density at radius 1 is 1.22 bits per heavy atom. The summed E-state index contributed by atoms with van der Waals surface area (Å²) in [6, 6.07) is 4.10. The van der Waals surface area contributed by atoms with Crippen molar-refractivity contribution in [3.05, 3.63) is 41.2 Å². The first-order valence-corrected chi connectivity index (χ1v) is 13.7. The molecule has 5 atom stereocenters. The van der Waals surface area contributed by atoms with Gasteiger partial charge in [0.15, 0.2) is 11.9 Å². The molecule has 3 aliphatic rings. The first-order valence-electron chi connectivity index (χ1n) is 13.7. The van der Waals surface area contributed by atoms with Gasteiger partial charge in [0.25, 0.3) is 0 Å². The quantitative estimate of drug-likeness (QED) is 0.229. The maximum Gasteiger partial charge on any atom is 0.330 e. The van der Waals surface area contributed by atoms with Crippen LogP contribution in [0.1, 0.15) is 81.8 Å². The molecule has 0 spiro atoms. The lowest BCUT2D eigenvalue weighted by atomic mass is 9.76. The molecule has 0 radical (unpaired) electrons. The van der Waals surface area contributed by atoms with Crippen molar-refractivity contribution >= 4 is 23.9 Å². The number of carbonyl (C=O) groups excluding carboxylic acids is 2. The zero-order valence-electron chi connectivity index (χ0n) is 21.9. The van der Waals surface area contributed by atoms with Crippen molar-refractivity contribution in [2.75, 3.05) is 20.3 Å². The minimum absolute atomic E-state index is 0.00977. The fourth-order valence-corrected chi connectivity index (χ4v) is 5.64. The van der Waals surface area contributed by atoms with Crippen LogP contribution in [0.25, 0.3) is 6.08 Å². The number of fused-ring (bicyclic) bond motifs is 2. The monoisotopic (exact) mass is 514 g/mol. The maximum absolute atomic E-state index is 15.3. The number of nitrogens with one attached hydrogen (secondary N) is 1. The van der Waals surface area contributed by atoms with E-state index in [4.69, 9.17) is 9.47 Å². The third-order valence-electron chi connectivity index (χ3n) is 7.62. The van der Waals surface area contributed by atoms with Gasteiger partial charge in [-0.2, -0.15) is 0 Å². The second kappa shape index (κ2) is 13.2. The molecule has 2 fully saturated rings. The lowest BCUT2D eigenvalue weighted by Crippen LogP contribution is -2.34. The van der Waals surface area contributed by atoms with Crippen LogP contribution in [0, 0.1) is 11.7 Å². The number of unbranched alkanes of at least 4 members (excludes halogenated alkanes) is 5. The van der Waals surface area contributed by atoms with Crippen molar-refractivity contribution < 1.29 is 28.2 Å². The molecule has 2 saturated heterocycles. The molecule has 0 aliphatic carbocycles. The number of methoxy groups -OCH3 is 1. The van der Waals surface area contributed by atoms with Crippen molar-refractivity contribution in [2.24, 2.45) is 10.9 Å². The van der Waals surface area contributed by atoms with Gasteiger partial charge in [0.05, 0.1) is 25.2 Å². The smallest absolute Gasteiger partial charge is 0.330 e. The molecular formula is C29H39FN2O5. The van der Waals surface area contributed by atoms with Gasteiger partial charge in [0, 0.05) is 24.1 Å². The summed E-state index contributed by atoms with van der Waals surface area (Å²) in [4.78, 5) is 29.0. The maximum atomic E-state index is 15.3. The first kappa shape index (κ1) is 27.3. The number of amides is 1. The molecule has 1 aromatic rings. The number of ether oxygens (including phenoxy) is 3. The van der Waals surface area contributed by atoms with E-state index in [2.05, 4.69) is 22.0 Å². The van der Waals surface area contributed by atoms with Gasteiger partial charge >= 0.3 is 5.97 Å². The Kier molecular flexibility index (Phi) is 9.72. The van der Waals surface area contributed by atoms with Crippen molar-refractivity contribution in [3.63, 3.8) is 0 Å². The highest BCUT2D eigenvalue weighted by Gasteiger charge is 2.48. The summed E-state index contributed by atoms with van der Waals surface area (Å²) in [5.74, 6) is -1.06. The number of nitrogens with zero attached hydrogens (tertiary/aromatic N) is 1. The molecule has 7 nitrogen and oxygen atoms in total. The number of esters is 1. The van der Waals surface area contributed by atoms with Crippen molar-refractivity contribution in [2.45, 2.75) is 88.9 Å². The summed E-state index contributed by atoms with van der Waals surface area (Å²) in [5.41, 5.74) is 1.11. The number of carbonyl (C=O) groups is 2. The highest BCUT2D eigenvalue weighted by molar-refractivity contribution is 5.92. The SMILES string of the molecule is CCCCCCCCNC(=O)C1COC(C(c2cc(/C=C/C(=O)OC)ccc2F)[C@H]2CC3CCC2O3)=N1. The molecule has 0 saturated carbocycles. The molecule has 1 N–H and O–H groups in total. The van der Waals surface area contributed by atoms with E-state index in [1.807, 2.05) is 0 Å². The van der Waals surface area contributed by atoms with Crippen LogP contribution in [-0.2, 0) is 23.8 Å². The van der Waals surface area contributed by atoms with E-state index in [1.54, 1.807) is 18.2 Å².